The Morgan fingerprint density at radius 3 is 2.59 bits per heavy atom. The molecule has 0 aliphatic carbocycles. The molecular formula is C23H22N2O6S. The Hall–Kier alpha value is -3.72. The van der Waals surface area contributed by atoms with Crippen LogP contribution in [0, 0.1) is 0 Å². The van der Waals surface area contributed by atoms with Crippen LogP contribution in [-0.4, -0.2) is 28.2 Å². The van der Waals surface area contributed by atoms with Gasteiger partial charge in [0.15, 0.2) is 11.5 Å². The van der Waals surface area contributed by atoms with Gasteiger partial charge in [0.1, 0.15) is 5.75 Å². The number of fused-ring (bicyclic) bond motifs is 1. The zero-order valence-electron chi connectivity index (χ0n) is 17.5. The molecule has 32 heavy (non-hydrogen) atoms. The molecule has 0 saturated carbocycles. The van der Waals surface area contributed by atoms with Crippen molar-refractivity contribution in [2.75, 3.05) is 18.6 Å². The smallest absolute Gasteiger partial charge is 0.262 e. The highest BCUT2D eigenvalue weighted by Gasteiger charge is 2.20. The van der Waals surface area contributed by atoms with Crippen LogP contribution in [-0.2, 0) is 10.0 Å². The summed E-state index contributed by atoms with van der Waals surface area (Å²) >= 11 is 0. The molecule has 1 heterocycles. The zero-order chi connectivity index (χ0) is 22.7. The second kappa shape index (κ2) is 8.80. The van der Waals surface area contributed by atoms with E-state index in [4.69, 9.17) is 14.2 Å². The minimum Gasteiger partial charge on any atom is -0.495 e. The average Bonchev–Trinajstić information content (AvgIpc) is 3.27. The summed E-state index contributed by atoms with van der Waals surface area (Å²) < 4.78 is 44.1. The lowest BCUT2D eigenvalue weighted by atomic mass is 10.1. The maximum atomic E-state index is 12.9. The van der Waals surface area contributed by atoms with Crippen molar-refractivity contribution in [1.82, 2.24) is 5.32 Å². The topological polar surface area (TPSA) is 103 Å². The largest absolute Gasteiger partial charge is 0.495 e. The van der Waals surface area contributed by atoms with Crippen LogP contribution in [0.25, 0.3) is 0 Å². The molecule has 0 saturated heterocycles. The Morgan fingerprint density at radius 1 is 1.00 bits per heavy atom. The summed E-state index contributed by atoms with van der Waals surface area (Å²) in [7, 11) is -2.47. The van der Waals surface area contributed by atoms with Crippen LogP contribution in [0.3, 0.4) is 0 Å². The number of para-hydroxylation sites is 2. The van der Waals surface area contributed by atoms with E-state index in [-0.39, 0.29) is 23.3 Å². The van der Waals surface area contributed by atoms with E-state index in [1.165, 1.54) is 25.3 Å². The molecule has 1 atom stereocenters. The van der Waals surface area contributed by atoms with Crippen LogP contribution < -0.4 is 24.2 Å². The molecule has 0 fully saturated rings. The molecule has 166 valence electrons. The first-order valence-electron chi connectivity index (χ1n) is 9.84. The Bertz CT molecular complexity index is 1260. The first-order valence-corrected chi connectivity index (χ1v) is 11.3. The summed E-state index contributed by atoms with van der Waals surface area (Å²) in [5, 5.41) is 2.88. The lowest BCUT2D eigenvalue weighted by molar-refractivity contribution is 0.0939. The third-order valence-corrected chi connectivity index (χ3v) is 6.37. The third-order valence-electron chi connectivity index (χ3n) is 5.00. The average molecular weight is 455 g/mol. The van der Waals surface area contributed by atoms with Gasteiger partial charge in [-0.2, -0.15) is 0 Å². The number of benzene rings is 3. The lowest BCUT2D eigenvalue weighted by Gasteiger charge is -2.16. The lowest BCUT2D eigenvalue weighted by Crippen LogP contribution is -2.27. The fraction of sp³-hybridized carbons (Fsp3) is 0.174. The maximum Gasteiger partial charge on any atom is 0.262 e. The van der Waals surface area contributed by atoms with Crippen molar-refractivity contribution >= 4 is 21.6 Å². The Labute approximate surface area is 186 Å². The molecule has 2 N–H and O–H groups in total. The number of rotatable bonds is 7. The molecule has 8 nitrogen and oxygen atoms in total. The van der Waals surface area contributed by atoms with Crippen LogP contribution in [0.1, 0.15) is 28.9 Å². The molecule has 1 aliphatic rings. The van der Waals surface area contributed by atoms with Gasteiger partial charge in [-0.1, -0.05) is 24.3 Å². The van der Waals surface area contributed by atoms with E-state index in [1.54, 1.807) is 36.4 Å². The molecule has 1 amide bonds. The normalized spacial score (nSPS) is 13.3. The van der Waals surface area contributed by atoms with Crippen molar-refractivity contribution in [3.63, 3.8) is 0 Å². The molecule has 4 rings (SSSR count). The Balaban J connectivity index is 1.51. The van der Waals surface area contributed by atoms with Gasteiger partial charge in [0.25, 0.3) is 15.9 Å². The van der Waals surface area contributed by atoms with Crippen LogP contribution in [0.2, 0.25) is 0 Å². The quantitative estimate of drug-likeness (QED) is 0.564. The number of anilines is 1. The van der Waals surface area contributed by atoms with E-state index in [0.717, 1.165) is 5.56 Å². The second-order valence-corrected chi connectivity index (χ2v) is 8.82. The van der Waals surface area contributed by atoms with Crippen molar-refractivity contribution in [3.8, 4) is 17.2 Å². The third kappa shape index (κ3) is 4.47. The van der Waals surface area contributed by atoms with Crippen LogP contribution in [0.4, 0.5) is 5.69 Å². The van der Waals surface area contributed by atoms with Gasteiger partial charge >= 0.3 is 0 Å². The number of carbonyl (C=O) groups is 1. The van der Waals surface area contributed by atoms with Crippen LogP contribution in [0.15, 0.2) is 71.6 Å². The molecule has 0 aromatic heterocycles. The van der Waals surface area contributed by atoms with Gasteiger partial charge in [0.2, 0.25) is 6.79 Å². The van der Waals surface area contributed by atoms with Gasteiger partial charge < -0.3 is 19.5 Å². The predicted molar refractivity (Wildman–Crippen MR) is 119 cm³/mol. The number of ether oxygens (including phenoxy) is 3. The molecule has 0 radical (unpaired) electrons. The number of carbonyl (C=O) groups excluding carboxylic acids is 1. The SMILES string of the molecule is COc1ccccc1NS(=O)(=O)c1cccc(C(=O)NC(C)c2ccc3c(c2)OCO3)c1. The van der Waals surface area contributed by atoms with Crippen molar-refractivity contribution in [2.45, 2.75) is 17.9 Å². The monoisotopic (exact) mass is 454 g/mol. The Morgan fingerprint density at radius 2 is 1.78 bits per heavy atom. The van der Waals surface area contributed by atoms with E-state index in [2.05, 4.69) is 10.0 Å². The van der Waals surface area contributed by atoms with Gasteiger partial charge in [-0.05, 0) is 55.0 Å². The zero-order valence-corrected chi connectivity index (χ0v) is 18.3. The summed E-state index contributed by atoms with van der Waals surface area (Å²) in [6.45, 7) is 2.00. The van der Waals surface area contributed by atoms with Crippen molar-refractivity contribution in [1.29, 1.82) is 0 Å². The highest BCUT2D eigenvalue weighted by Crippen LogP contribution is 2.34. The van der Waals surface area contributed by atoms with Crippen molar-refractivity contribution < 1.29 is 27.4 Å². The fourth-order valence-corrected chi connectivity index (χ4v) is 4.40. The summed E-state index contributed by atoms with van der Waals surface area (Å²) in [4.78, 5) is 12.8. The summed E-state index contributed by atoms with van der Waals surface area (Å²) in [5.74, 6) is 1.28. The van der Waals surface area contributed by atoms with Crippen LogP contribution >= 0.6 is 0 Å². The van der Waals surface area contributed by atoms with E-state index < -0.39 is 15.9 Å². The summed E-state index contributed by atoms with van der Waals surface area (Å²) in [5.41, 5.74) is 1.37. The van der Waals surface area contributed by atoms with Crippen molar-refractivity contribution in [3.05, 3.63) is 77.9 Å². The molecular weight excluding hydrogens is 432 g/mol. The minimum atomic E-state index is -3.93. The fourth-order valence-electron chi connectivity index (χ4n) is 3.28. The molecule has 3 aromatic rings. The van der Waals surface area contributed by atoms with Crippen molar-refractivity contribution in [2.24, 2.45) is 0 Å². The van der Waals surface area contributed by atoms with E-state index >= 15 is 0 Å². The Kier molecular flexibility index (Phi) is 5.91. The summed E-state index contributed by atoms with van der Waals surface area (Å²) in [6, 6.07) is 17.6. The number of sulfonamides is 1. The standard InChI is InChI=1S/C23H22N2O6S/c1-15(16-10-11-21-22(13-16)31-14-30-21)24-23(26)17-6-5-7-18(12-17)32(27,28)25-19-8-3-4-9-20(19)29-2/h3-13,15,25H,14H2,1-2H3,(H,24,26). The number of nitrogens with one attached hydrogen (secondary N) is 2. The molecule has 0 spiro atoms. The number of methoxy groups -OCH3 is 1. The molecule has 0 bridgehead atoms. The first kappa shape index (κ1) is 21.5. The highest BCUT2D eigenvalue weighted by atomic mass is 32.2. The highest BCUT2D eigenvalue weighted by molar-refractivity contribution is 7.92. The summed E-state index contributed by atoms with van der Waals surface area (Å²) in [6.07, 6.45) is 0. The van der Waals surface area contributed by atoms with Crippen LogP contribution in [0.5, 0.6) is 17.2 Å². The van der Waals surface area contributed by atoms with E-state index in [0.29, 0.717) is 22.9 Å². The first-order chi connectivity index (χ1) is 15.4. The molecule has 1 unspecified atom stereocenters. The minimum absolute atomic E-state index is 0.0354. The number of hydrogen-bond donors (Lipinski definition) is 2. The van der Waals surface area contributed by atoms with Gasteiger partial charge in [0.05, 0.1) is 23.7 Å². The maximum absolute atomic E-state index is 12.9. The van der Waals surface area contributed by atoms with Gasteiger partial charge in [-0.3, -0.25) is 9.52 Å². The van der Waals surface area contributed by atoms with E-state index in [1.807, 2.05) is 19.1 Å². The molecule has 9 heteroatoms. The van der Waals surface area contributed by atoms with Gasteiger partial charge in [-0.25, -0.2) is 8.42 Å². The van der Waals surface area contributed by atoms with E-state index in [9.17, 15) is 13.2 Å². The predicted octanol–water partition coefficient (Wildman–Crippen LogP) is 3.72. The molecule has 1 aliphatic heterocycles. The number of amides is 1. The van der Waals surface area contributed by atoms with Gasteiger partial charge in [0, 0.05) is 5.56 Å². The molecule has 3 aromatic carbocycles. The second-order valence-electron chi connectivity index (χ2n) is 7.14. The number of hydrogen-bond acceptors (Lipinski definition) is 6. The van der Waals surface area contributed by atoms with Gasteiger partial charge in [-0.15, -0.1) is 0 Å².